The van der Waals surface area contributed by atoms with Gasteiger partial charge in [-0.15, -0.1) is 0 Å². The average Bonchev–Trinajstić information content (AvgIpc) is 2.61. The molecule has 0 aliphatic rings. The van der Waals surface area contributed by atoms with E-state index in [9.17, 15) is 9.90 Å². The quantitative estimate of drug-likeness (QED) is 0.699. The zero-order chi connectivity index (χ0) is 18.1. The number of aromatic hydroxyl groups is 1. The van der Waals surface area contributed by atoms with Crippen LogP contribution in [0.25, 0.3) is 21.9 Å². The Bertz CT molecular complexity index is 973. The van der Waals surface area contributed by atoms with Gasteiger partial charge in [0.2, 0.25) is 0 Å². The molecule has 4 heteroatoms. The van der Waals surface area contributed by atoms with Gasteiger partial charge in [0, 0.05) is 6.07 Å². The van der Waals surface area contributed by atoms with Crippen molar-refractivity contribution in [1.29, 1.82) is 0 Å². The van der Waals surface area contributed by atoms with Crippen LogP contribution in [0.1, 0.15) is 22.8 Å². The molecule has 0 aliphatic carbocycles. The zero-order valence-corrected chi connectivity index (χ0v) is 14.7. The van der Waals surface area contributed by atoms with E-state index in [0.717, 1.165) is 21.9 Å². The van der Waals surface area contributed by atoms with Crippen molar-refractivity contribution in [2.75, 3.05) is 14.2 Å². The molecule has 0 aliphatic heterocycles. The van der Waals surface area contributed by atoms with Gasteiger partial charge in [-0.3, -0.25) is 4.79 Å². The van der Waals surface area contributed by atoms with Gasteiger partial charge in [0.15, 0.2) is 5.78 Å². The topological polar surface area (TPSA) is 55.8 Å². The first-order chi connectivity index (χ1) is 12.0. The molecular weight excluding hydrogens is 316 g/mol. The predicted octanol–water partition coefficient (Wildman–Crippen LogP) is 4.74. The smallest absolute Gasteiger partial charge is 0.167 e. The molecule has 25 heavy (non-hydrogen) atoms. The van der Waals surface area contributed by atoms with E-state index in [2.05, 4.69) is 0 Å². The maximum atomic E-state index is 12.1. The molecule has 3 rings (SSSR count). The minimum atomic E-state index is -0.267. The Morgan fingerprint density at radius 2 is 1.64 bits per heavy atom. The van der Waals surface area contributed by atoms with Gasteiger partial charge >= 0.3 is 0 Å². The lowest BCUT2D eigenvalue weighted by Gasteiger charge is -2.19. The first kappa shape index (κ1) is 16.8. The zero-order valence-electron chi connectivity index (χ0n) is 14.7. The SMILES string of the molecule is COc1cc(OC)c(-c2c(C)ccc3ccccc23)c(O)c1C(C)=O. The Morgan fingerprint density at radius 1 is 0.960 bits per heavy atom. The summed E-state index contributed by atoms with van der Waals surface area (Å²) in [6.45, 7) is 3.38. The highest BCUT2D eigenvalue weighted by Crippen LogP contribution is 2.48. The molecule has 0 amide bonds. The summed E-state index contributed by atoms with van der Waals surface area (Å²) >= 11 is 0. The van der Waals surface area contributed by atoms with Crippen LogP contribution < -0.4 is 9.47 Å². The summed E-state index contributed by atoms with van der Waals surface area (Å²) in [4.78, 5) is 12.1. The van der Waals surface area contributed by atoms with Crippen molar-refractivity contribution in [1.82, 2.24) is 0 Å². The second kappa shape index (κ2) is 6.48. The number of fused-ring (bicyclic) bond motifs is 1. The number of methoxy groups -OCH3 is 2. The van der Waals surface area contributed by atoms with Gasteiger partial charge in [0.05, 0.1) is 19.8 Å². The van der Waals surface area contributed by atoms with Gasteiger partial charge in [-0.25, -0.2) is 0 Å². The molecule has 0 atom stereocenters. The van der Waals surface area contributed by atoms with Gasteiger partial charge in [0.1, 0.15) is 22.8 Å². The number of aryl methyl sites for hydroxylation is 1. The summed E-state index contributed by atoms with van der Waals surface area (Å²) < 4.78 is 10.8. The van der Waals surface area contributed by atoms with Crippen LogP contribution in [-0.2, 0) is 0 Å². The van der Waals surface area contributed by atoms with E-state index in [0.29, 0.717) is 17.1 Å². The number of benzene rings is 3. The number of ether oxygens (including phenoxy) is 2. The fourth-order valence-electron chi connectivity index (χ4n) is 3.24. The van der Waals surface area contributed by atoms with Crippen molar-refractivity contribution in [3.8, 4) is 28.4 Å². The second-order valence-corrected chi connectivity index (χ2v) is 5.91. The number of rotatable bonds is 4. The molecular formula is C21H20O4. The van der Waals surface area contributed by atoms with E-state index < -0.39 is 0 Å². The Hall–Kier alpha value is -3.01. The lowest BCUT2D eigenvalue weighted by molar-refractivity contribution is 0.101. The third-order valence-electron chi connectivity index (χ3n) is 4.41. The van der Waals surface area contributed by atoms with Gasteiger partial charge in [-0.2, -0.15) is 0 Å². The lowest BCUT2D eigenvalue weighted by Crippen LogP contribution is -2.02. The summed E-state index contributed by atoms with van der Waals surface area (Å²) in [7, 11) is 3.00. The van der Waals surface area contributed by atoms with Crippen LogP contribution in [-0.4, -0.2) is 25.1 Å². The van der Waals surface area contributed by atoms with E-state index >= 15 is 0 Å². The normalized spacial score (nSPS) is 10.7. The highest BCUT2D eigenvalue weighted by atomic mass is 16.5. The van der Waals surface area contributed by atoms with E-state index in [4.69, 9.17) is 9.47 Å². The highest BCUT2D eigenvalue weighted by Gasteiger charge is 2.25. The van der Waals surface area contributed by atoms with Crippen LogP contribution in [0.5, 0.6) is 17.2 Å². The molecule has 0 heterocycles. The Kier molecular flexibility index (Phi) is 4.36. The standard InChI is InChI=1S/C21H20O4/c1-12-9-10-14-7-5-6-8-15(14)18(12)20-17(25-4)11-16(24-3)19(13(2)22)21(20)23/h5-11,23H,1-4H3. The summed E-state index contributed by atoms with van der Waals surface area (Å²) in [6.07, 6.45) is 0. The van der Waals surface area contributed by atoms with E-state index in [1.54, 1.807) is 6.07 Å². The van der Waals surface area contributed by atoms with Crippen LogP contribution in [0.2, 0.25) is 0 Å². The highest BCUT2D eigenvalue weighted by molar-refractivity contribution is 6.07. The summed E-state index contributed by atoms with van der Waals surface area (Å²) in [5.74, 6) is 0.363. The molecule has 3 aromatic carbocycles. The predicted molar refractivity (Wildman–Crippen MR) is 98.9 cm³/mol. The largest absolute Gasteiger partial charge is 0.506 e. The molecule has 4 nitrogen and oxygen atoms in total. The summed E-state index contributed by atoms with van der Waals surface area (Å²) in [5.41, 5.74) is 2.48. The second-order valence-electron chi connectivity index (χ2n) is 5.91. The molecule has 0 saturated carbocycles. The Balaban J connectivity index is 2.48. The molecule has 128 valence electrons. The maximum Gasteiger partial charge on any atom is 0.167 e. The molecule has 3 aromatic rings. The molecule has 0 saturated heterocycles. The van der Waals surface area contributed by atoms with Crippen molar-refractivity contribution in [2.45, 2.75) is 13.8 Å². The van der Waals surface area contributed by atoms with Gasteiger partial charge in [-0.1, -0.05) is 36.4 Å². The molecule has 0 fully saturated rings. The summed E-state index contributed by atoms with van der Waals surface area (Å²) in [5, 5.41) is 13.0. The molecule has 0 radical (unpaired) electrons. The fourth-order valence-corrected chi connectivity index (χ4v) is 3.24. The molecule has 0 bridgehead atoms. The molecule has 0 unspecified atom stereocenters. The fraction of sp³-hybridized carbons (Fsp3) is 0.190. The number of ketones is 1. The van der Waals surface area contributed by atoms with E-state index in [-0.39, 0.29) is 17.1 Å². The maximum absolute atomic E-state index is 12.1. The van der Waals surface area contributed by atoms with Crippen LogP contribution >= 0.6 is 0 Å². The Labute approximate surface area is 146 Å². The first-order valence-corrected chi connectivity index (χ1v) is 7.97. The van der Waals surface area contributed by atoms with Crippen LogP contribution in [0, 0.1) is 6.92 Å². The third kappa shape index (κ3) is 2.70. The van der Waals surface area contributed by atoms with Crippen LogP contribution in [0.4, 0.5) is 0 Å². The van der Waals surface area contributed by atoms with Crippen LogP contribution in [0.15, 0.2) is 42.5 Å². The molecule has 0 spiro atoms. The molecule has 1 N–H and O–H groups in total. The van der Waals surface area contributed by atoms with Gasteiger partial charge in [0.25, 0.3) is 0 Å². The number of Topliss-reactive ketones (excluding diaryl/α,β-unsaturated/α-hetero) is 1. The number of hydrogen-bond acceptors (Lipinski definition) is 4. The van der Waals surface area contributed by atoms with Crippen molar-refractivity contribution < 1.29 is 19.4 Å². The van der Waals surface area contributed by atoms with E-state index in [1.807, 2.05) is 43.3 Å². The molecule has 0 aromatic heterocycles. The van der Waals surface area contributed by atoms with Gasteiger partial charge in [-0.05, 0) is 35.7 Å². The number of phenolic OH excluding ortho intramolecular Hbond substituents is 1. The number of phenols is 1. The van der Waals surface area contributed by atoms with Crippen LogP contribution in [0.3, 0.4) is 0 Å². The minimum Gasteiger partial charge on any atom is -0.506 e. The minimum absolute atomic E-state index is 0.122. The van der Waals surface area contributed by atoms with E-state index in [1.165, 1.54) is 21.1 Å². The Morgan fingerprint density at radius 3 is 2.28 bits per heavy atom. The number of hydrogen-bond donors (Lipinski definition) is 1. The van der Waals surface area contributed by atoms with Gasteiger partial charge < -0.3 is 14.6 Å². The monoisotopic (exact) mass is 336 g/mol. The van der Waals surface area contributed by atoms with Crippen molar-refractivity contribution >= 4 is 16.6 Å². The first-order valence-electron chi connectivity index (χ1n) is 7.97. The summed E-state index contributed by atoms with van der Waals surface area (Å²) in [6, 6.07) is 13.6. The number of carbonyl (C=O) groups is 1. The van der Waals surface area contributed by atoms with Crippen molar-refractivity contribution in [3.63, 3.8) is 0 Å². The average molecular weight is 336 g/mol. The van der Waals surface area contributed by atoms with Crippen molar-refractivity contribution in [2.24, 2.45) is 0 Å². The van der Waals surface area contributed by atoms with Crippen molar-refractivity contribution in [3.05, 3.63) is 53.6 Å². The number of carbonyl (C=O) groups excluding carboxylic acids is 1. The lowest BCUT2D eigenvalue weighted by atomic mass is 9.90. The third-order valence-corrected chi connectivity index (χ3v) is 4.41.